The van der Waals surface area contributed by atoms with Crippen molar-refractivity contribution in [2.75, 3.05) is 20.8 Å². The average Bonchev–Trinajstić information content (AvgIpc) is 3.12. The summed E-state index contributed by atoms with van der Waals surface area (Å²) in [4.78, 5) is 24.8. The van der Waals surface area contributed by atoms with Crippen LogP contribution in [0.15, 0.2) is 36.7 Å². The zero-order chi connectivity index (χ0) is 19.2. The van der Waals surface area contributed by atoms with Crippen molar-refractivity contribution in [2.24, 2.45) is 7.05 Å². The molecule has 0 fully saturated rings. The Bertz CT molecular complexity index is 901. The normalized spacial score (nSPS) is 10.5. The molecule has 0 bridgehead atoms. The van der Waals surface area contributed by atoms with Gasteiger partial charge in [-0.15, -0.1) is 0 Å². The number of ether oxygens (including phenoxy) is 2. The van der Waals surface area contributed by atoms with Gasteiger partial charge in [0.05, 0.1) is 19.9 Å². The molecule has 0 aliphatic carbocycles. The number of hydrogen-bond donors (Lipinski definition) is 1. The number of carbonyl (C=O) groups is 1. The van der Waals surface area contributed by atoms with Gasteiger partial charge < -0.3 is 14.8 Å². The molecule has 3 rings (SSSR count). The van der Waals surface area contributed by atoms with E-state index in [0.29, 0.717) is 30.1 Å². The van der Waals surface area contributed by atoms with E-state index in [0.717, 1.165) is 11.4 Å². The molecule has 1 N–H and O–H groups in total. The van der Waals surface area contributed by atoms with Crippen LogP contribution in [0.4, 0.5) is 0 Å². The molecule has 0 unspecified atom stereocenters. The molecule has 0 atom stereocenters. The molecule has 9 nitrogen and oxygen atoms in total. The molecule has 27 heavy (non-hydrogen) atoms. The van der Waals surface area contributed by atoms with Gasteiger partial charge >= 0.3 is 6.01 Å². The van der Waals surface area contributed by atoms with E-state index in [1.54, 1.807) is 22.9 Å². The Hall–Kier alpha value is -3.49. The van der Waals surface area contributed by atoms with Crippen molar-refractivity contribution in [1.82, 2.24) is 30.0 Å². The van der Waals surface area contributed by atoms with E-state index >= 15 is 0 Å². The van der Waals surface area contributed by atoms with E-state index in [1.807, 2.05) is 19.2 Å². The van der Waals surface area contributed by atoms with Gasteiger partial charge in [0.25, 0.3) is 5.91 Å². The van der Waals surface area contributed by atoms with E-state index in [4.69, 9.17) is 9.47 Å². The van der Waals surface area contributed by atoms with Gasteiger partial charge in [0.1, 0.15) is 12.2 Å². The summed E-state index contributed by atoms with van der Waals surface area (Å²) in [5, 5.41) is 6.87. The number of aryl methyl sites for hydroxylation is 1. The SMILES string of the molecule is COc1cc(-c2ccc(C(=O)NCCc3ncnn3C)cc2)nc(OC)n1. The zero-order valence-electron chi connectivity index (χ0n) is 15.3. The molecule has 9 heteroatoms. The van der Waals surface area contributed by atoms with Gasteiger partial charge in [-0.05, 0) is 12.1 Å². The standard InChI is InChI=1S/C18H20N6O3/c1-24-15(20-11-21-24)8-9-19-17(25)13-6-4-12(5-7-13)14-10-16(26-2)23-18(22-14)27-3/h4-7,10-11H,8-9H2,1-3H3,(H,19,25). The van der Waals surface area contributed by atoms with Crippen molar-refractivity contribution >= 4 is 5.91 Å². The van der Waals surface area contributed by atoms with Crippen LogP contribution in [0.25, 0.3) is 11.3 Å². The van der Waals surface area contributed by atoms with Gasteiger partial charge in [0.15, 0.2) is 0 Å². The summed E-state index contributed by atoms with van der Waals surface area (Å²) in [5.41, 5.74) is 2.03. The highest BCUT2D eigenvalue weighted by Crippen LogP contribution is 2.23. The highest BCUT2D eigenvalue weighted by molar-refractivity contribution is 5.94. The van der Waals surface area contributed by atoms with E-state index in [-0.39, 0.29) is 11.9 Å². The van der Waals surface area contributed by atoms with Gasteiger partial charge in [-0.3, -0.25) is 9.48 Å². The number of methoxy groups -OCH3 is 2. The summed E-state index contributed by atoms with van der Waals surface area (Å²) in [6.45, 7) is 0.480. The minimum Gasteiger partial charge on any atom is -0.481 e. The van der Waals surface area contributed by atoms with E-state index < -0.39 is 0 Å². The number of amides is 1. The fourth-order valence-electron chi connectivity index (χ4n) is 2.48. The molecule has 0 aliphatic rings. The quantitative estimate of drug-likeness (QED) is 0.669. The first-order valence-electron chi connectivity index (χ1n) is 8.29. The van der Waals surface area contributed by atoms with Crippen LogP contribution in [0.5, 0.6) is 11.9 Å². The molecule has 0 spiro atoms. The molecule has 1 amide bonds. The second-order valence-electron chi connectivity index (χ2n) is 5.67. The van der Waals surface area contributed by atoms with Crippen LogP contribution in [0.2, 0.25) is 0 Å². The molecular formula is C18H20N6O3. The molecule has 0 saturated carbocycles. The van der Waals surface area contributed by atoms with Gasteiger partial charge in [-0.2, -0.15) is 15.1 Å². The number of nitrogens with zero attached hydrogens (tertiary/aromatic N) is 5. The molecular weight excluding hydrogens is 348 g/mol. The predicted octanol–water partition coefficient (Wildman–Crippen LogP) is 1.26. The fourth-order valence-corrected chi connectivity index (χ4v) is 2.48. The van der Waals surface area contributed by atoms with E-state index in [9.17, 15) is 4.79 Å². The lowest BCUT2D eigenvalue weighted by Gasteiger charge is -2.08. The molecule has 0 radical (unpaired) electrons. The van der Waals surface area contributed by atoms with E-state index in [2.05, 4.69) is 25.4 Å². The van der Waals surface area contributed by atoms with Crippen LogP contribution in [0, 0.1) is 0 Å². The van der Waals surface area contributed by atoms with Crippen molar-refractivity contribution in [1.29, 1.82) is 0 Å². The van der Waals surface area contributed by atoms with Crippen LogP contribution in [-0.2, 0) is 13.5 Å². The lowest BCUT2D eigenvalue weighted by Crippen LogP contribution is -2.26. The zero-order valence-corrected chi connectivity index (χ0v) is 15.3. The highest BCUT2D eigenvalue weighted by atomic mass is 16.5. The number of carbonyl (C=O) groups excluding carboxylic acids is 1. The second kappa shape index (κ2) is 8.26. The summed E-state index contributed by atoms with van der Waals surface area (Å²) >= 11 is 0. The third kappa shape index (κ3) is 4.38. The van der Waals surface area contributed by atoms with Gasteiger partial charge in [-0.1, -0.05) is 12.1 Å². The Kier molecular flexibility index (Phi) is 5.60. The van der Waals surface area contributed by atoms with Crippen molar-refractivity contribution in [3.05, 3.63) is 48.0 Å². The Morgan fingerprint density at radius 1 is 1.15 bits per heavy atom. The lowest BCUT2D eigenvalue weighted by atomic mass is 10.1. The smallest absolute Gasteiger partial charge is 0.320 e. The largest absolute Gasteiger partial charge is 0.481 e. The Morgan fingerprint density at radius 2 is 1.93 bits per heavy atom. The first-order valence-corrected chi connectivity index (χ1v) is 8.29. The topological polar surface area (TPSA) is 104 Å². The third-order valence-corrected chi connectivity index (χ3v) is 3.96. The molecule has 1 aromatic carbocycles. The molecule has 0 aliphatic heterocycles. The van der Waals surface area contributed by atoms with Crippen LogP contribution < -0.4 is 14.8 Å². The van der Waals surface area contributed by atoms with Crippen molar-refractivity contribution in [3.8, 4) is 23.1 Å². The van der Waals surface area contributed by atoms with Crippen LogP contribution in [0.1, 0.15) is 16.2 Å². The predicted molar refractivity (Wildman–Crippen MR) is 97.6 cm³/mol. The van der Waals surface area contributed by atoms with Crippen LogP contribution in [0.3, 0.4) is 0 Å². The highest BCUT2D eigenvalue weighted by Gasteiger charge is 2.10. The maximum Gasteiger partial charge on any atom is 0.320 e. The fraction of sp³-hybridized carbons (Fsp3) is 0.278. The maximum atomic E-state index is 12.3. The summed E-state index contributed by atoms with van der Waals surface area (Å²) < 4.78 is 11.9. The Balaban J connectivity index is 1.66. The summed E-state index contributed by atoms with van der Waals surface area (Å²) in [5.74, 6) is 1.07. The number of rotatable bonds is 7. The summed E-state index contributed by atoms with van der Waals surface area (Å²) in [6.07, 6.45) is 2.11. The van der Waals surface area contributed by atoms with Gasteiger partial charge in [0.2, 0.25) is 5.88 Å². The van der Waals surface area contributed by atoms with Crippen molar-refractivity contribution in [3.63, 3.8) is 0 Å². The molecule has 0 saturated heterocycles. The van der Waals surface area contributed by atoms with E-state index in [1.165, 1.54) is 20.5 Å². The van der Waals surface area contributed by atoms with Crippen molar-refractivity contribution < 1.29 is 14.3 Å². The molecule has 140 valence electrons. The minimum atomic E-state index is -0.151. The molecule has 2 aromatic heterocycles. The average molecular weight is 368 g/mol. The second-order valence-corrected chi connectivity index (χ2v) is 5.67. The van der Waals surface area contributed by atoms with Crippen molar-refractivity contribution in [2.45, 2.75) is 6.42 Å². The van der Waals surface area contributed by atoms with Gasteiger partial charge in [0, 0.05) is 37.2 Å². The maximum absolute atomic E-state index is 12.3. The number of benzene rings is 1. The molecule has 2 heterocycles. The Labute approximate surface area is 156 Å². The number of nitrogens with one attached hydrogen (secondary N) is 1. The summed E-state index contributed by atoms with van der Waals surface area (Å²) in [6, 6.07) is 9.05. The minimum absolute atomic E-state index is 0.151. The molecule has 3 aromatic rings. The number of aromatic nitrogens is 5. The monoisotopic (exact) mass is 368 g/mol. The third-order valence-electron chi connectivity index (χ3n) is 3.96. The van der Waals surface area contributed by atoms with Crippen LogP contribution >= 0.6 is 0 Å². The Morgan fingerprint density at radius 3 is 2.56 bits per heavy atom. The summed E-state index contributed by atoms with van der Waals surface area (Å²) in [7, 11) is 4.84. The first kappa shape index (κ1) is 18.3. The van der Waals surface area contributed by atoms with Crippen LogP contribution in [-0.4, -0.2) is 51.4 Å². The number of hydrogen-bond acceptors (Lipinski definition) is 7. The van der Waals surface area contributed by atoms with Gasteiger partial charge in [-0.25, -0.2) is 4.98 Å². The lowest BCUT2D eigenvalue weighted by molar-refractivity contribution is 0.0954. The first-order chi connectivity index (χ1) is 13.1.